The fourth-order valence-corrected chi connectivity index (χ4v) is 7.79. The van der Waals surface area contributed by atoms with Gasteiger partial charge in [-0.25, -0.2) is 0 Å². The van der Waals surface area contributed by atoms with Crippen molar-refractivity contribution < 1.29 is 4.42 Å². The molecule has 10 rings (SSSR count). The van der Waals surface area contributed by atoms with Gasteiger partial charge in [-0.05, 0) is 97.9 Å². The predicted molar refractivity (Wildman–Crippen MR) is 220 cm³/mol. The van der Waals surface area contributed by atoms with E-state index in [0.29, 0.717) is 0 Å². The van der Waals surface area contributed by atoms with E-state index >= 15 is 0 Å². The van der Waals surface area contributed by atoms with Gasteiger partial charge < -0.3 is 9.32 Å². The van der Waals surface area contributed by atoms with Crippen LogP contribution in [0, 0.1) is 0 Å². The molecule has 0 radical (unpaired) electrons. The summed E-state index contributed by atoms with van der Waals surface area (Å²) in [5, 5.41) is 7.28. The van der Waals surface area contributed by atoms with E-state index in [1.807, 2.05) is 12.1 Å². The van der Waals surface area contributed by atoms with Crippen LogP contribution in [0.2, 0.25) is 0 Å². The molecule has 9 aromatic carbocycles. The SMILES string of the molecule is c1ccc(-c2cccc(N(c3cccc(-c4cccc5c4ccc4ccccc45)c3)c3ccccc3-c3ccc4oc5ccccc5c4c3)c2)cc1. The zero-order valence-electron chi connectivity index (χ0n) is 28.4. The van der Waals surface area contributed by atoms with Crippen LogP contribution in [0.5, 0.6) is 0 Å². The lowest BCUT2D eigenvalue weighted by Crippen LogP contribution is -2.11. The van der Waals surface area contributed by atoms with Crippen LogP contribution in [0.3, 0.4) is 0 Å². The molecule has 2 nitrogen and oxygen atoms in total. The minimum atomic E-state index is 0.894. The van der Waals surface area contributed by atoms with Gasteiger partial charge in [-0.15, -0.1) is 0 Å². The van der Waals surface area contributed by atoms with Crippen LogP contribution in [-0.2, 0) is 0 Å². The molecule has 0 N–H and O–H groups in total. The Balaban J connectivity index is 1.18. The van der Waals surface area contributed by atoms with Gasteiger partial charge in [0.25, 0.3) is 0 Å². The van der Waals surface area contributed by atoms with E-state index in [4.69, 9.17) is 4.42 Å². The van der Waals surface area contributed by atoms with E-state index in [9.17, 15) is 0 Å². The Kier molecular flexibility index (Phi) is 7.18. The monoisotopic (exact) mass is 663 g/mol. The highest BCUT2D eigenvalue weighted by molar-refractivity contribution is 6.12. The van der Waals surface area contributed by atoms with E-state index < -0.39 is 0 Å². The summed E-state index contributed by atoms with van der Waals surface area (Å²) >= 11 is 0. The third-order valence-corrected chi connectivity index (χ3v) is 10.2. The number of furan rings is 1. The molecule has 0 fully saturated rings. The predicted octanol–water partition coefficient (Wildman–Crippen LogP) is 14.4. The summed E-state index contributed by atoms with van der Waals surface area (Å²) in [5.74, 6) is 0. The van der Waals surface area contributed by atoms with Gasteiger partial charge in [-0.3, -0.25) is 0 Å². The smallest absolute Gasteiger partial charge is 0.135 e. The Labute approximate surface area is 302 Å². The van der Waals surface area contributed by atoms with Crippen molar-refractivity contribution in [2.75, 3.05) is 4.90 Å². The van der Waals surface area contributed by atoms with Gasteiger partial charge in [-0.1, -0.05) is 152 Å². The Bertz CT molecular complexity index is 2920. The first-order chi connectivity index (χ1) is 25.8. The molecule has 1 heterocycles. The van der Waals surface area contributed by atoms with Crippen molar-refractivity contribution in [2.24, 2.45) is 0 Å². The summed E-state index contributed by atoms with van der Waals surface area (Å²) in [4.78, 5) is 2.41. The van der Waals surface area contributed by atoms with Gasteiger partial charge in [0.05, 0.1) is 5.69 Å². The van der Waals surface area contributed by atoms with Crippen LogP contribution in [0.15, 0.2) is 205 Å². The first-order valence-electron chi connectivity index (χ1n) is 17.8. The Morgan fingerprint density at radius 1 is 0.308 bits per heavy atom. The second-order valence-electron chi connectivity index (χ2n) is 13.3. The molecule has 0 amide bonds. The lowest BCUT2D eigenvalue weighted by atomic mass is 9.94. The highest BCUT2D eigenvalue weighted by atomic mass is 16.3. The molecular formula is C50H33NO. The fourth-order valence-electron chi connectivity index (χ4n) is 7.79. The average molecular weight is 664 g/mol. The van der Waals surface area contributed by atoms with Crippen LogP contribution in [0.1, 0.15) is 0 Å². The zero-order chi connectivity index (χ0) is 34.4. The normalized spacial score (nSPS) is 11.5. The summed E-state index contributed by atoms with van der Waals surface area (Å²) in [6.07, 6.45) is 0. The average Bonchev–Trinajstić information content (AvgIpc) is 3.59. The van der Waals surface area contributed by atoms with Crippen molar-refractivity contribution in [3.05, 3.63) is 200 Å². The standard InChI is InChI=1S/C50H33NO/c1-2-13-34(14-3-1)36-16-10-18-39(31-36)51(48-25-8-6-21-43(48)38-28-30-50-47(33-38)46-22-7-9-26-49(46)52-50)40-19-11-17-37(32-40)42-23-12-24-44-41-20-5-4-15-35(41)27-29-45(42)44/h1-33H. The molecule has 0 bridgehead atoms. The van der Waals surface area contributed by atoms with E-state index in [1.165, 1.54) is 43.8 Å². The summed E-state index contributed by atoms with van der Waals surface area (Å²) in [6.45, 7) is 0. The maximum atomic E-state index is 6.21. The molecule has 0 spiro atoms. The molecule has 0 aliphatic heterocycles. The lowest BCUT2D eigenvalue weighted by Gasteiger charge is -2.29. The van der Waals surface area contributed by atoms with E-state index in [1.54, 1.807) is 0 Å². The summed E-state index contributed by atoms with van der Waals surface area (Å²) in [6, 6.07) is 71.8. The topological polar surface area (TPSA) is 16.4 Å². The van der Waals surface area contributed by atoms with E-state index in [-0.39, 0.29) is 0 Å². The van der Waals surface area contributed by atoms with Gasteiger partial charge >= 0.3 is 0 Å². The molecule has 0 saturated heterocycles. The highest BCUT2D eigenvalue weighted by Gasteiger charge is 2.20. The number of hydrogen-bond acceptors (Lipinski definition) is 2. The molecule has 2 heteroatoms. The third-order valence-electron chi connectivity index (χ3n) is 10.2. The molecule has 1 aromatic heterocycles. The number of benzene rings is 9. The van der Waals surface area contributed by atoms with Gasteiger partial charge in [0.2, 0.25) is 0 Å². The number of anilines is 3. The largest absolute Gasteiger partial charge is 0.456 e. The lowest BCUT2D eigenvalue weighted by molar-refractivity contribution is 0.669. The Hall–Kier alpha value is -6.90. The fraction of sp³-hybridized carbons (Fsp3) is 0. The first-order valence-corrected chi connectivity index (χ1v) is 17.8. The van der Waals surface area contributed by atoms with Crippen molar-refractivity contribution in [3.63, 3.8) is 0 Å². The molecule has 0 unspecified atom stereocenters. The van der Waals surface area contributed by atoms with E-state index in [0.717, 1.165) is 50.1 Å². The van der Waals surface area contributed by atoms with Crippen LogP contribution >= 0.6 is 0 Å². The summed E-state index contributed by atoms with van der Waals surface area (Å²) in [5.41, 5.74) is 12.1. The number of rotatable bonds is 6. The second-order valence-corrected chi connectivity index (χ2v) is 13.3. The van der Waals surface area contributed by atoms with E-state index in [2.05, 4.69) is 193 Å². The maximum absolute atomic E-state index is 6.21. The third kappa shape index (κ3) is 5.12. The van der Waals surface area contributed by atoms with Gasteiger partial charge in [-0.2, -0.15) is 0 Å². The minimum Gasteiger partial charge on any atom is -0.456 e. The second kappa shape index (κ2) is 12.5. The number of hydrogen-bond donors (Lipinski definition) is 0. The van der Waals surface area contributed by atoms with Crippen molar-refractivity contribution in [1.82, 2.24) is 0 Å². The minimum absolute atomic E-state index is 0.894. The van der Waals surface area contributed by atoms with Crippen molar-refractivity contribution in [3.8, 4) is 33.4 Å². The molecule has 0 aliphatic carbocycles. The summed E-state index contributed by atoms with van der Waals surface area (Å²) < 4.78 is 6.21. The molecule has 244 valence electrons. The van der Waals surface area contributed by atoms with Crippen LogP contribution in [0.25, 0.3) is 76.9 Å². The quantitative estimate of drug-likeness (QED) is 0.165. The first kappa shape index (κ1) is 30.0. The molecule has 10 aromatic rings. The van der Waals surface area contributed by atoms with Gasteiger partial charge in [0.15, 0.2) is 0 Å². The van der Waals surface area contributed by atoms with Crippen LogP contribution < -0.4 is 4.90 Å². The number of para-hydroxylation sites is 2. The molecule has 52 heavy (non-hydrogen) atoms. The van der Waals surface area contributed by atoms with Crippen LogP contribution in [0.4, 0.5) is 17.1 Å². The Morgan fingerprint density at radius 3 is 1.81 bits per heavy atom. The molecular weight excluding hydrogens is 631 g/mol. The Morgan fingerprint density at radius 2 is 0.923 bits per heavy atom. The molecule has 0 aliphatic rings. The van der Waals surface area contributed by atoms with Gasteiger partial charge in [0, 0.05) is 27.7 Å². The van der Waals surface area contributed by atoms with Crippen molar-refractivity contribution in [2.45, 2.75) is 0 Å². The number of nitrogens with zero attached hydrogens (tertiary/aromatic N) is 1. The zero-order valence-corrected chi connectivity index (χ0v) is 28.4. The molecule has 0 saturated carbocycles. The summed E-state index contributed by atoms with van der Waals surface area (Å²) in [7, 11) is 0. The van der Waals surface area contributed by atoms with Gasteiger partial charge in [0.1, 0.15) is 11.2 Å². The van der Waals surface area contributed by atoms with Crippen molar-refractivity contribution in [1.29, 1.82) is 0 Å². The molecule has 0 atom stereocenters. The number of fused-ring (bicyclic) bond motifs is 6. The van der Waals surface area contributed by atoms with Crippen LogP contribution in [-0.4, -0.2) is 0 Å². The van der Waals surface area contributed by atoms with Crippen molar-refractivity contribution >= 4 is 60.5 Å². The maximum Gasteiger partial charge on any atom is 0.135 e. The highest BCUT2D eigenvalue weighted by Crippen LogP contribution is 2.44.